The summed E-state index contributed by atoms with van der Waals surface area (Å²) in [5.74, 6) is -0.0295. The number of pyridine rings is 1. The second kappa shape index (κ2) is 6.62. The van der Waals surface area contributed by atoms with Gasteiger partial charge in [-0.3, -0.25) is 4.79 Å². The summed E-state index contributed by atoms with van der Waals surface area (Å²) < 4.78 is 7.13. The molecule has 0 spiro atoms. The molecule has 0 fully saturated rings. The van der Waals surface area contributed by atoms with Gasteiger partial charge < -0.3 is 9.30 Å². The molecule has 0 N–H and O–H groups in total. The van der Waals surface area contributed by atoms with Gasteiger partial charge in [0.05, 0.1) is 5.75 Å². The third kappa shape index (κ3) is 3.28. The van der Waals surface area contributed by atoms with E-state index in [0.717, 1.165) is 21.9 Å². The van der Waals surface area contributed by atoms with Gasteiger partial charge >= 0.3 is 5.97 Å². The van der Waals surface area contributed by atoms with E-state index in [1.54, 1.807) is 6.20 Å². The van der Waals surface area contributed by atoms with Crippen molar-refractivity contribution < 1.29 is 9.53 Å². The average Bonchev–Trinajstić information content (AvgIpc) is 2.88. The molecule has 0 aliphatic rings. The third-order valence-electron chi connectivity index (χ3n) is 3.15. The highest BCUT2D eigenvalue weighted by Crippen LogP contribution is 2.21. The minimum Gasteiger partial charge on any atom is -0.460 e. The molecular weight excluding hydrogens is 298 g/mol. The fourth-order valence-electron chi connectivity index (χ4n) is 2.04. The third-order valence-corrected chi connectivity index (χ3v) is 4.15. The maximum absolute atomic E-state index is 11.8. The van der Waals surface area contributed by atoms with E-state index in [-0.39, 0.29) is 11.7 Å². The number of nitrogens with zero attached hydrogens (tertiary/aromatic N) is 3. The van der Waals surface area contributed by atoms with E-state index < -0.39 is 0 Å². The number of benzene rings is 1. The number of esters is 1. The summed E-state index contributed by atoms with van der Waals surface area (Å²) in [6.07, 6.45) is 1.73. The van der Waals surface area contributed by atoms with Gasteiger partial charge in [0, 0.05) is 13.2 Å². The van der Waals surface area contributed by atoms with Crippen LogP contribution in [0.15, 0.2) is 53.8 Å². The van der Waals surface area contributed by atoms with Gasteiger partial charge in [-0.1, -0.05) is 42.1 Å². The lowest BCUT2D eigenvalue weighted by molar-refractivity contribution is -0.141. The number of rotatable bonds is 5. The molecule has 0 bridgehead atoms. The number of ether oxygens (including phenoxy) is 1. The van der Waals surface area contributed by atoms with E-state index in [9.17, 15) is 4.79 Å². The van der Waals surface area contributed by atoms with Crippen LogP contribution in [0.2, 0.25) is 0 Å². The smallest absolute Gasteiger partial charge is 0.316 e. The van der Waals surface area contributed by atoms with E-state index in [4.69, 9.17) is 4.74 Å². The standard InChI is InChI=1S/C16H15N3O2S/c1-19-15-13(8-5-9-17-15)18-16(19)22-11-14(20)21-10-12-6-3-2-4-7-12/h2-9H,10-11H2,1H3. The quantitative estimate of drug-likeness (QED) is 0.535. The van der Waals surface area contributed by atoms with Crippen LogP contribution in [0, 0.1) is 0 Å². The second-order valence-electron chi connectivity index (χ2n) is 4.73. The van der Waals surface area contributed by atoms with Gasteiger partial charge in [-0.25, -0.2) is 9.97 Å². The number of hydrogen-bond donors (Lipinski definition) is 0. The van der Waals surface area contributed by atoms with Crippen molar-refractivity contribution in [2.45, 2.75) is 11.8 Å². The first kappa shape index (κ1) is 14.6. The molecule has 0 aliphatic heterocycles. The fraction of sp³-hybridized carbons (Fsp3) is 0.188. The first-order chi connectivity index (χ1) is 10.7. The van der Waals surface area contributed by atoms with Crippen LogP contribution in [-0.4, -0.2) is 26.3 Å². The molecule has 2 heterocycles. The fourth-order valence-corrected chi connectivity index (χ4v) is 2.81. The van der Waals surface area contributed by atoms with Crippen molar-refractivity contribution in [2.24, 2.45) is 7.05 Å². The van der Waals surface area contributed by atoms with E-state index in [0.29, 0.717) is 6.61 Å². The lowest BCUT2D eigenvalue weighted by Gasteiger charge is -2.04. The molecule has 0 unspecified atom stereocenters. The maximum atomic E-state index is 11.8. The Morgan fingerprint density at radius 1 is 1.23 bits per heavy atom. The van der Waals surface area contributed by atoms with Crippen LogP contribution in [0.4, 0.5) is 0 Å². The molecule has 5 nitrogen and oxygen atoms in total. The van der Waals surface area contributed by atoms with Crippen LogP contribution >= 0.6 is 11.8 Å². The Hall–Kier alpha value is -2.34. The van der Waals surface area contributed by atoms with Crippen LogP contribution in [0.1, 0.15) is 5.56 Å². The molecule has 3 aromatic rings. The Morgan fingerprint density at radius 2 is 2.05 bits per heavy atom. The van der Waals surface area contributed by atoms with Gasteiger partial charge in [0.25, 0.3) is 0 Å². The predicted octanol–water partition coefficient (Wildman–Crippen LogP) is 2.80. The summed E-state index contributed by atoms with van der Waals surface area (Å²) in [5.41, 5.74) is 2.61. The Bertz CT molecular complexity index is 786. The van der Waals surface area contributed by atoms with Gasteiger partial charge in [0.1, 0.15) is 12.1 Å². The average molecular weight is 313 g/mol. The minimum atomic E-state index is -0.256. The molecule has 22 heavy (non-hydrogen) atoms. The summed E-state index contributed by atoms with van der Waals surface area (Å²) in [6.45, 7) is 0.296. The molecule has 112 valence electrons. The van der Waals surface area contributed by atoms with Gasteiger partial charge in [-0.2, -0.15) is 0 Å². The summed E-state index contributed by atoms with van der Waals surface area (Å²) in [4.78, 5) is 20.6. The summed E-state index contributed by atoms with van der Waals surface area (Å²) in [5, 5.41) is 0.755. The SMILES string of the molecule is Cn1c(SCC(=O)OCc2ccccc2)nc2cccnc21. The molecule has 6 heteroatoms. The van der Waals surface area contributed by atoms with Gasteiger partial charge in [0.15, 0.2) is 10.8 Å². The van der Waals surface area contributed by atoms with Gasteiger partial charge in [-0.05, 0) is 17.7 Å². The zero-order valence-electron chi connectivity index (χ0n) is 12.1. The Balaban J connectivity index is 1.57. The zero-order chi connectivity index (χ0) is 15.4. The second-order valence-corrected chi connectivity index (χ2v) is 5.68. The molecule has 0 saturated heterocycles. The highest BCUT2D eigenvalue weighted by molar-refractivity contribution is 7.99. The topological polar surface area (TPSA) is 57.0 Å². The molecule has 2 aromatic heterocycles. The maximum Gasteiger partial charge on any atom is 0.316 e. The van der Waals surface area contributed by atoms with E-state index >= 15 is 0 Å². The first-order valence-corrected chi connectivity index (χ1v) is 7.82. The number of hydrogen-bond acceptors (Lipinski definition) is 5. The summed E-state index contributed by atoms with van der Waals surface area (Å²) >= 11 is 1.35. The minimum absolute atomic E-state index is 0.226. The van der Waals surface area contributed by atoms with Crippen molar-refractivity contribution in [3.05, 3.63) is 54.2 Å². The summed E-state index contributed by atoms with van der Waals surface area (Å²) in [6, 6.07) is 13.4. The molecule has 0 saturated carbocycles. The van der Waals surface area contributed by atoms with Gasteiger partial charge in [0.2, 0.25) is 0 Å². The molecule has 1 aromatic carbocycles. The van der Waals surface area contributed by atoms with Crippen molar-refractivity contribution in [3.63, 3.8) is 0 Å². The molecule has 0 amide bonds. The number of carbonyl (C=O) groups is 1. The zero-order valence-corrected chi connectivity index (χ0v) is 12.9. The highest BCUT2D eigenvalue weighted by atomic mass is 32.2. The van der Waals surface area contributed by atoms with Crippen LogP contribution in [0.25, 0.3) is 11.2 Å². The lowest BCUT2D eigenvalue weighted by Crippen LogP contribution is -2.08. The number of imidazole rings is 1. The van der Waals surface area contributed by atoms with Crippen LogP contribution in [-0.2, 0) is 23.2 Å². The van der Waals surface area contributed by atoms with E-state index in [1.807, 2.05) is 54.1 Å². The first-order valence-electron chi connectivity index (χ1n) is 6.84. The van der Waals surface area contributed by atoms with Crippen molar-refractivity contribution >= 4 is 28.9 Å². The Morgan fingerprint density at radius 3 is 2.82 bits per heavy atom. The Labute approximate surface area is 132 Å². The lowest BCUT2D eigenvalue weighted by atomic mass is 10.2. The molecular formula is C16H15N3O2S. The molecule has 0 radical (unpaired) electrons. The van der Waals surface area contributed by atoms with Crippen molar-refractivity contribution in [1.29, 1.82) is 0 Å². The number of aryl methyl sites for hydroxylation is 1. The molecule has 0 aliphatic carbocycles. The highest BCUT2D eigenvalue weighted by Gasteiger charge is 2.11. The molecule has 0 atom stereocenters. The predicted molar refractivity (Wildman–Crippen MR) is 85.5 cm³/mol. The van der Waals surface area contributed by atoms with Crippen LogP contribution in [0.3, 0.4) is 0 Å². The summed E-state index contributed by atoms with van der Waals surface area (Å²) in [7, 11) is 1.89. The number of thioether (sulfide) groups is 1. The van der Waals surface area contributed by atoms with E-state index in [2.05, 4.69) is 9.97 Å². The van der Waals surface area contributed by atoms with Gasteiger partial charge in [-0.15, -0.1) is 0 Å². The molecule has 3 rings (SSSR count). The Kier molecular flexibility index (Phi) is 4.39. The van der Waals surface area contributed by atoms with Crippen LogP contribution < -0.4 is 0 Å². The van der Waals surface area contributed by atoms with Crippen molar-refractivity contribution in [2.75, 3.05) is 5.75 Å². The van der Waals surface area contributed by atoms with Crippen LogP contribution in [0.5, 0.6) is 0 Å². The number of carbonyl (C=O) groups excluding carboxylic acids is 1. The van der Waals surface area contributed by atoms with Crippen molar-refractivity contribution in [1.82, 2.24) is 14.5 Å². The normalized spacial score (nSPS) is 10.8. The number of fused-ring (bicyclic) bond motifs is 1. The number of aromatic nitrogens is 3. The largest absolute Gasteiger partial charge is 0.460 e. The van der Waals surface area contributed by atoms with Crippen molar-refractivity contribution in [3.8, 4) is 0 Å². The van der Waals surface area contributed by atoms with E-state index in [1.165, 1.54) is 11.8 Å². The monoisotopic (exact) mass is 313 g/mol.